The Hall–Kier alpha value is -2.66. The van der Waals surface area contributed by atoms with E-state index in [9.17, 15) is 0 Å². The van der Waals surface area contributed by atoms with E-state index in [1.807, 2.05) is 11.3 Å². The summed E-state index contributed by atoms with van der Waals surface area (Å²) in [6, 6.07) is 24.5. The van der Waals surface area contributed by atoms with E-state index in [4.69, 9.17) is 9.31 Å². The molecule has 7 rings (SSSR count). The fourth-order valence-corrected chi connectivity index (χ4v) is 6.53. The number of rotatable bonds is 1. The van der Waals surface area contributed by atoms with Crippen LogP contribution in [0.1, 0.15) is 27.7 Å². The molecular formula is C28H23BO2S. The fourth-order valence-electron chi connectivity index (χ4n) is 5.29. The predicted octanol–water partition coefficient (Wildman–Crippen LogP) is 7.25. The van der Waals surface area contributed by atoms with E-state index in [-0.39, 0.29) is 18.3 Å². The summed E-state index contributed by atoms with van der Waals surface area (Å²) in [4.78, 5) is 0. The van der Waals surface area contributed by atoms with Gasteiger partial charge in [-0.25, -0.2) is 0 Å². The third kappa shape index (κ3) is 2.33. The second-order valence-corrected chi connectivity index (χ2v) is 11.1. The zero-order valence-electron chi connectivity index (χ0n) is 18.7. The van der Waals surface area contributed by atoms with Gasteiger partial charge >= 0.3 is 7.12 Å². The summed E-state index contributed by atoms with van der Waals surface area (Å²) in [6.07, 6.45) is 0. The molecule has 1 aliphatic heterocycles. The van der Waals surface area contributed by atoms with Crippen LogP contribution in [0, 0.1) is 0 Å². The van der Waals surface area contributed by atoms with Gasteiger partial charge in [0.1, 0.15) is 0 Å². The van der Waals surface area contributed by atoms with Crippen LogP contribution in [0.5, 0.6) is 0 Å². The molecule has 0 radical (unpaired) electrons. The fraction of sp³-hybridized carbons (Fsp3) is 0.214. The summed E-state index contributed by atoms with van der Waals surface area (Å²) in [7, 11) is -0.363. The van der Waals surface area contributed by atoms with Crippen LogP contribution in [0.25, 0.3) is 52.5 Å². The van der Waals surface area contributed by atoms with E-state index in [0.29, 0.717) is 0 Å². The van der Waals surface area contributed by atoms with Crippen LogP contribution in [0.15, 0.2) is 66.7 Å². The monoisotopic (exact) mass is 434 g/mol. The summed E-state index contributed by atoms with van der Waals surface area (Å²) >= 11 is 1.88. The molecule has 1 saturated heterocycles. The summed E-state index contributed by atoms with van der Waals surface area (Å²) in [5.41, 5.74) is 0.389. The number of hydrogen-bond acceptors (Lipinski definition) is 3. The van der Waals surface area contributed by atoms with Crippen LogP contribution >= 0.6 is 11.3 Å². The summed E-state index contributed by atoms with van der Waals surface area (Å²) in [6.45, 7) is 8.45. The smallest absolute Gasteiger partial charge is 0.399 e. The van der Waals surface area contributed by atoms with Crippen molar-refractivity contribution in [2.75, 3.05) is 0 Å². The lowest BCUT2D eigenvalue weighted by molar-refractivity contribution is 0.00578. The van der Waals surface area contributed by atoms with Gasteiger partial charge in [0.15, 0.2) is 0 Å². The molecule has 156 valence electrons. The molecule has 1 aliphatic rings. The first-order valence-corrected chi connectivity index (χ1v) is 12.0. The molecule has 0 amide bonds. The number of fused-ring (bicyclic) bond motifs is 5. The molecule has 1 fully saturated rings. The van der Waals surface area contributed by atoms with Gasteiger partial charge in [-0.2, -0.15) is 0 Å². The van der Waals surface area contributed by atoms with E-state index in [1.54, 1.807) is 0 Å². The zero-order chi connectivity index (χ0) is 21.8. The van der Waals surface area contributed by atoms with Crippen molar-refractivity contribution in [1.29, 1.82) is 0 Å². The van der Waals surface area contributed by atoms with Crippen molar-refractivity contribution in [3.05, 3.63) is 66.7 Å². The van der Waals surface area contributed by atoms with Gasteiger partial charge in [-0.3, -0.25) is 0 Å². The minimum atomic E-state index is -0.363. The predicted molar refractivity (Wildman–Crippen MR) is 139 cm³/mol. The van der Waals surface area contributed by atoms with Crippen LogP contribution < -0.4 is 5.46 Å². The van der Waals surface area contributed by atoms with Crippen molar-refractivity contribution in [2.45, 2.75) is 38.9 Å². The quantitative estimate of drug-likeness (QED) is 0.200. The number of thiophene rings is 1. The lowest BCUT2D eigenvalue weighted by atomic mass is 9.77. The minimum Gasteiger partial charge on any atom is -0.399 e. The summed E-state index contributed by atoms with van der Waals surface area (Å²) in [5, 5.41) is 10.6. The maximum absolute atomic E-state index is 6.42. The van der Waals surface area contributed by atoms with E-state index < -0.39 is 0 Å². The third-order valence-electron chi connectivity index (χ3n) is 7.62. The molecule has 6 aromatic rings. The van der Waals surface area contributed by atoms with E-state index in [2.05, 4.69) is 94.4 Å². The second kappa shape index (κ2) is 6.02. The highest BCUT2D eigenvalue weighted by Gasteiger charge is 2.51. The second-order valence-electron chi connectivity index (χ2n) is 10.0. The minimum absolute atomic E-state index is 0.354. The molecule has 2 nitrogen and oxygen atoms in total. The Balaban J connectivity index is 1.63. The van der Waals surface area contributed by atoms with Crippen molar-refractivity contribution in [2.24, 2.45) is 0 Å². The Morgan fingerprint density at radius 2 is 1.25 bits per heavy atom. The Bertz CT molecular complexity index is 1680. The molecular weight excluding hydrogens is 411 g/mol. The third-order valence-corrected chi connectivity index (χ3v) is 8.70. The van der Waals surface area contributed by atoms with Gasteiger partial charge < -0.3 is 9.31 Å². The van der Waals surface area contributed by atoms with Gasteiger partial charge in [-0.1, -0.05) is 54.6 Å². The van der Waals surface area contributed by atoms with Crippen molar-refractivity contribution in [3.8, 4) is 0 Å². The molecule has 4 heteroatoms. The van der Waals surface area contributed by atoms with Gasteiger partial charge in [-0.15, -0.1) is 11.3 Å². The maximum atomic E-state index is 6.42. The summed E-state index contributed by atoms with van der Waals surface area (Å²) in [5.74, 6) is 0. The number of hydrogen-bond donors (Lipinski definition) is 0. The van der Waals surface area contributed by atoms with E-state index >= 15 is 0 Å². The van der Waals surface area contributed by atoms with Gasteiger partial charge in [0, 0.05) is 20.2 Å². The average molecular weight is 434 g/mol. The lowest BCUT2D eigenvalue weighted by Gasteiger charge is -2.32. The largest absolute Gasteiger partial charge is 0.494 e. The van der Waals surface area contributed by atoms with Crippen LogP contribution in [0.3, 0.4) is 0 Å². The molecule has 0 aliphatic carbocycles. The molecule has 1 aromatic heterocycles. The highest BCUT2D eigenvalue weighted by atomic mass is 32.1. The Morgan fingerprint density at radius 3 is 2.00 bits per heavy atom. The van der Waals surface area contributed by atoms with Crippen LogP contribution in [0.2, 0.25) is 0 Å². The number of benzene rings is 5. The van der Waals surface area contributed by atoms with Crippen molar-refractivity contribution in [3.63, 3.8) is 0 Å². The molecule has 0 bridgehead atoms. The normalized spacial score (nSPS) is 18.2. The SMILES string of the molecule is CC1(C)OB(c2cc3sc4cc5ccccc5c5c6ccccc6c(c2)c3c45)OC1(C)C. The molecule has 0 N–H and O–H groups in total. The van der Waals surface area contributed by atoms with Gasteiger partial charge in [-0.05, 0) is 77.6 Å². The van der Waals surface area contributed by atoms with Crippen LogP contribution in [-0.4, -0.2) is 18.3 Å². The molecule has 5 aromatic carbocycles. The maximum Gasteiger partial charge on any atom is 0.494 e. The van der Waals surface area contributed by atoms with Crippen LogP contribution in [-0.2, 0) is 9.31 Å². The topological polar surface area (TPSA) is 18.5 Å². The molecule has 32 heavy (non-hydrogen) atoms. The first-order valence-electron chi connectivity index (χ1n) is 11.2. The Labute approximate surface area is 191 Å². The van der Waals surface area contributed by atoms with Crippen molar-refractivity contribution < 1.29 is 9.31 Å². The van der Waals surface area contributed by atoms with Gasteiger partial charge in [0.2, 0.25) is 0 Å². The molecule has 2 heterocycles. The van der Waals surface area contributed by atoms with E-state index in [1.165, 1.54) is 52.5 Å². The molecule has 0 saturated carbocycles. The summed E-state index contributed by atoms with van der Waals surface area (Å²) < 4.78 is 15.5. The highest BCUT2D eigenvalue weighted by molar-refractivity contribution is 7.26. The van der Waals surface area contributed by atoms with E-state index in [0.717, 1.165) is 5.46 Å². The Kier molecular flexibility index (Phi) is 3.55. The lowest BCUT2D eigenvalue weighted by Crippen LogP contribution is -2.41. The van der Waals surface area contributed by atoms with Gasteiger partial charge in [0.25, 0.3) is 0 Å². The molecule has 0 spiro atoms. The van der Waals surface area contributed by atoms with Crippen molar-refractivity contribution >= 4 is 76.4 Å². The molecule has 0 unspecified atom stereocenters. The first-order chi connectivity index (χ1) is 15.3. The first kappa shape index (κ1) is 18.9. The van der Waals surface area contributed by atoms with Gasteiger partial charge in [0.05, 0.1) is 11.2 Å². The standard InChI is InChI=1S/C28H23BO2S/c1-27(2)28(3,4)31-29(30-27)17-14-21-19-11-7-8-12-20(19)24-18-10-6-5-9-16(18)13-22-26(24)25(21)23(15-17)32-22/h5-15H,1-4H3. The van der Waals surface area contributed by atoms with Crippen LogP contribution in [0.4, 0.5) is 0 Å². The Morgan fingerprint density at radius 1 is 0.625 bits per heavy atom. The average Bonchev–Trinajstić information content (AvgIpc) is 3.24. The zero-order valence-corrected chi connectivity index (χ0v) is 19.5. The van der Waals surface area contributed by atoms with Crippen molar-refractivity contribution in [1.82, 2.24) is 0 Å². The molecule has 0 atom stereocenters. The highest BCUT2D eigenvalue weighted by Crippen LogP contribution is 2.47.